The molecule has 1 saturated heterocycles. The molecule has 1 aromatic carbocycles. The summed E-state index contributed by atoms with van der Waals surface area (Å²) in [5.41, 5.74) is 6.97. The molecule has 1 aliphatic rings. The molecule has 0 bridgehead atoms. The average Bonchev–Trinajstić information content (AvgIpc) is 3.56. The van der Waals surface area contributed by atoms with Crippen LogP contribution in [0.2, 0.25) is 0 Å². The van der Waals surface area contributed by atoms with Gasteiger partial charge in [0.1, 0.15) is 22.7 Å². The van der Waals surface area contributed by atoms with E-state index in [1.807, 2.05) is 18.4 Å². The van der Waals surface area contributed by atoms with Crippen molar-refractivity contribution in [3.8, 4) is 11.8 Å². The Hall–Kier alpha value is -4.17. The molecule has 194 valence electrons. The second-order valence-corrected chi connectivity index (χ2v) is 8.77. The van der Waals surface area contributed by atoms with Gasteiger partial charge in [0.15, 0.2) is 11.5 Å². The van der Waals surface area contributed by atoms with E-state index >= 15 is 4.39 Å². The Labute approximate surface area is 214 Å². The fraction of sp³-hybridized carbons (Fsp3) is 0.385. The van der Waals surface area contributed by atoms with Gasteiger partial charge in [-0.25, -0.2) is 14.1 Å². The van der Waals surface area contributed by atoms with Gasteiger partial charge in [0, 0.05) is 27.2 Å². The van der Waals surface area contributed by atoms with E-state index in [-0.39, 0.29) is 40.3 Å². The fourth-order valence-electron chi connectivity index (χ4n) is 4.96. The highest BCUT2D eigenvalue weighted by Crippen LogP contribution is 2.32. The molecule has 0 radical (unpaired) electrons. The van der Waals surface area contributed by atoms with E-state index in [4.69, 9.17) is 10.5 Å². The minimum absolute atomic E-state index is 0.0966. The summed E-state index contributed by atoms with van der Waals surface area (Å²) in [6.45, 7) is 8.72. The summed E-state index contributed by atoms with van der Waals surface area (Å²) in [5.74, 6) is 5.24. The maximum Gasteiger partial charge on any atom is 0.255 e. The highest BCUT2D eigenvalue weighted by molar-refractivity contribution is 6.00. The SMILES string of the molecule is C=CC(=O)N1C[C@@H](n2nc(C#Cc3ccc4c(nc(C)n4CC)c3F)c(C(N)=O)c2NC)C[C@@H]1COC. The van der Waals surface area contributed by atoms with Crippen LogP contribution in [0.3, 0.4) is 0 Å². The number of carbonyl (C=O) groups is 2. The topological polar surface area (TPSA) is 120 Å². The van der Waals surface area contributed by atoms with Crippen LogP contribution in [-0.4, -0.2) is 69.4 Å². The molecule has 1 fully saturated rings. The standard InChI is InChI=1S/C26H30FN7O3/c1-6-21(35)33-13-17(12-18(33)14-37-5)34-26(29-4)22(25(28)36)19(31-34)10-8-16-9-11-20-24(23(16)27)30-15(3)32(20)7-2/h6,9,11,17-18,29H,1,7,12-14H2,2-5H3,(H2,28,36)/t17-,18+/m0/s1. The van der Waals surface area contributed by atoms with Gasteiger partial charge in [0.25, 0.3) is 5.91 Å². The molecule has 2 atom stereocenters. The van der Waals surface area contributed by atoms with Crippen molar-refractivity contribution in [3.05, 3.63) is 53.3 Å². The molecule has 11 heteroatoms. The first-order valence-corrected chi connectivity index (χ1v) is 11.9. The first-order valence-electron chi connectivity index (χ1n) is 11.9. The summed E-state index contributed by atoms with van der Waals surface area (Å²) >= 11 is 0. The number of fused-ring (bicyclic) bond motifs is 1. The Morgan fingerprint density at radius 1 is 1.38 bits per heavy atom. The van der Waals surface area contributed by atoms with Gasteiger partial charge >= 0.3 is 0 Å². The predicted octanol–water partition coefficient (Wildman–Crippen LogP) is 2.22. The van der Waals surface area contributed by atoms with E-state index in [0.717, 1.165) is 0 Å². The van der Waals surface area contributed by atoms with E-state index in [0.29, 0.717) is 43.3 Å². The highest BCUT2D eigenvalue weighted by atomic mass is 19.1. The van der Waals surface area contributed by atoms with E-state index in [1.54, 1.807) is 35.9 Å². The van der Waals surface area contributed by atoms with Gasteiger partial charge in [-0.05, 0) is 44.4 Å². The number of halogens is 1. The number of hydrogen-bond acceptors (Lipinski definition) is 6. The van der Waals surface area contributed by atoms with Gasteiger partial charge in [-0.3, -0.25) is 9.59 Å². The fourth-order valence-corrected chi connectivity index (χ4v) is 4.96. The van der Waals surface area contributed by atoms with Crippen molar-refractivity contribution in [2.24, 2.45) is 5.73 Å². The monoisotopic (exact) mass is 507 g/mol. The largest absolute Gasteiger partial charge is 0.383 e. The molecule has 0 unspecified atom stereocenters. The van der Waals surface area contributed by atoms with Crippen LogP contribution in [0.15, 0.2) is 24.8 Å². The summed E-state index contributed by atoms with van der Waals surface area (Å²) < 4.78 is 24.1. The Balaban J connectivity index is 1.76. The van der Waals surface area contributed by atoms with Crippen LogP contribution in [0.25, 0.3) is 11.0 Å². The number of aromatic nitrogens is 4. The number of imidazole rings is 1. The number of carbonyl (C=O) groups excluding carboxylic acids is 2. The number of nitrogens with zero attached hydrogens (tertiary/aromatic N) is 5. The summed E-state index contributed by atoms with van der Waals surface area (Å²) in [7, 11) is 3.21. The smallest absolute Gasteiger partial charge is 0.255 e. The van der Waals surface area contributed by atoms with Crippen molar-refractivity contribution in [2.75, 3.05) is 32.6 Å². The molecule has 0 saturated carbocycles. The van der Waals surface area contributed by atoms with Crippen molar-refractivity contribution in [1.29, 1.82) is 0 Å². The number of ether oxygens (including phenoxy) is 1. The van der Waals surface area contributed by atoms with Crippen LogP contribution in [0, 0.1) is 24.6 Å². The lowest BCUT2D eigenvalue weighted by molar-refractivity contribution is -0.127. The zero-order valence-electron chi connectivity index (χ0n) is 21.3. The molecular weight excluding hydrogens is 477 g/mol. The average molecular weight is 508 g/mol. The van der Waals surface area contributed by atoms with Crippen molar-refractivity contribution in [1.82, 2.24) is 24.2 Å². The Kier molecular flexibility index (Phi) is 7.31. The van der Waals surface area contributed by atoms with Crippen LogP contribution in [-0.2, 0) is 16.1 Å². The minimum Gasteiger partial charge on any atom is -0.383 e. The summed E-state index contributed by atoms with van der Waals surface area (Å²) in [6, 6.07) is 2.91. The van der Waals surface area contributed by atoms with Crippen molar-refractivity contribution in [3.63, 3.8) is 0 Å². The third-order valence-electron chi connectivity index (χ3n) is 6.63. The predicted molar refractivity (Wildman–Crippen MR) is 138 cm³/mol. The van der Waals surface area contributed by atoms with Crippen LogP contribution in [0.4, 0.5) is 10.2 Å². The molecule has 3 N–H and O–H groups in total. The molecule has 2 amide bonds. The number of aryl methyl sites for hydroxylation is 2. The number of likely N-dealkylation sites (tertiary alicyclic amines) is 1. The molecule has 10 nitrogen and oxygen atoms in total. The van der Waals surface area contributed by atoms with Crippen LogP contribution in [0.5, 0.6) is 0 Å². The van der Waals surface area contributed by atoms with E-state index in [9.17, 15) is 9.59 Å². The zero-order valence-corrected chi connectivity index (χ0v) is 21.3. The molecule has 3 heterocycles. The first kappa shape index (κ1) is 25.9. The lowest BCUT2D eigenvalue weighted by atomic mass is 10.1. The second kappa shape index (κ2) is 10.4. The van der Waals surface area contributed by atoms with Gasteiger partial charge < -0.3 is 25.3 Å². The van der Waals surface area contributed by atoms with Gasteiger partial charge in [-0.15, -0.1) is 0 Å². The van der Waals surface area contributed by atoms with Crippen LogP contribution >= 0.6 is 0 Å². The third kappa shape index (κ3) is 4.56. The van der Waals surface area contributed by atoms with Crippen LogP contribution in [0.1, 0.15) is 46.8 Å². The highest BCUT2D eigenvalue weighted by Gasteiger charge is 2.37. The Morgan fingerprint density at radius 3 is 2.76 bits per heavy atom. The third-order valence-corrected chi connectivity index (χ3v) is 6.63. The van der Waals surface area contributed by atoms with Crippen molar-refractivity contribution in [2.45, 2.75) is 38.9 Å². The molecule has 2 aromatic heterocycles. The maximum atomic E-state index is 15.3. The van der Waals surface area contributed by atoms with E-state index in [2.05, 4.69) is 33.8 Å². The number of anilines is 1. The number of methoxy groups -OCH3 is 1. The molecule has 37 heavy (non-hydrogen) atoms. The van der Waals surface area contributed by atoms with Gasteiger partial charge in [-0.1, -0.05) is 12.5 Å². The molecular formula is C26H30FN7O3. The van der Waals surface area contributed by atoms with Gasteiger partial charge in [-0.2, -0.15) is 5.10 Å². The number of hydrogen-bond donors (Lipinski definition) is 2. The lowest BCUT2D eigenvalue weighted by Crippen LogP contribution is -2.37. The second-order valence-electron chi connectivity index (χ2n) is 8.77. The van der Waals surface area contributed by atoms with Crippen molar-refractivity contribution < 1.29 is 18.7 Å². The maximum absolute atomic E-state index is 15.3. The minimum atomic E-state index is -0.724. The normalized spacial score (nSPS) is 17.1. The van der Waals surface area contributed by atoms with Crippen molar-refractivity contribution >= 4 is 28.7 Å². The van der Waals surface area contributed by atoms with Crippen LogP contribution < -0.4 is 11.1 Å². The number of rotatable bonds is 7. The van der Waals surface area contributed by atoms with E-state index in [1.165, 1.54) is 6.08 Å². The number of benzene rings is 1. The number of nitrogens with two attached hydrogens (primary N) is 1. The zero-order chi connectivity index (χ0) is 26.9. The number of primary amides is 1. The molecule has 4 rings (SSSR count). The summed E-state index contributed by atoms with van der Waals surface area (Å²) in [6.07, 6.45) is 1.80. The number of amides is 2. The number of nitrogens with one attached hydrogen (secondary N) is 1. The Bertz CT molecular complexity index is 1450. The first-order chi connectivity index (χ1) is 17.7. The molecule has 0 aliphatic carbocycles. The van der Waals surface area contributed by atoms with E-state index < -0.39 is 11.7 Å². The summed E-state index contributed by atoms with van der Waals surface area (Å²) in [5, 5.41) is 7.56. The van der Waals surface area contributed by atoms with Gasteiger partial charge in [0.2, 0.25) is 5.91 Å². The Morgan fingerprint density at radius 2 is 2.14 bits per heavy atom. The lowest BCUT2D eigenvalue weighted by Gasteiger charge is -2.22. The van der Waals surface area contributed by atoms with Gasteiger partial charge in [0.05, 0.1) is 29.8 Å². The molecule has 3 aromatic rings. The quantitative estimate of drug-likeness (QED) is 0.374. The summed E-state index contributed by atoms with van der Waals surface area (Å²) in [4.78, 5) is 30.8. The molecule has 1 aliphatic heterocycles. The molecule has 0 spiro atoms.